The normalized spacial score (nSPS) is 12.0. The fourth-order valence-corrected chi connectivity index (χ4v) is 1.83. The Morgan fingerprint density at radius 1 is 1.52 bits per heavy atom. The zero-order chi connectivity index (χ0) is 15.9. The van der Waals surface area contributed by atoms with Crippen LogP contribution in [0.2, 0.25) is 5.02 Å². The van der Waals surface area contributed by atoms with Crippen LogP contribution in [0.3, 0.4) is 0 Å². The summed E-state index contributed by atoms with van der Waals surface area (Å²) in [5.74, 6) is 5.77. The van der Waals surface area contributed by atoms with Gasteiger partial charge in [-0.05, 0) is 20.8 Å². The highest BCUT2D eigenvalue weighted by Crippen LogP contribution is 2.17. The van der Waals surface area contributed by atoms with Crippen LogP contribution < -0.4 is 10.1 Å². The van der Waals surface area contributed by atoms with E-state index in [1.54, 1.807) is 13.0 Å². The number of carbonyl (C=O) groups is 1. The Morgan fingerprint density at radius 2 is 2.24 bits per heavy atom. The smallest absolute Gasteiger partial charge is 0.264 e. The summed E-state index contributed by atoms with van der Waals surface area (Å²) in [6.07, 6.45) is 2.16. The van der Waals surface area contributed by atoms with E-state index in [-0.39, 0.29) is 12.5 Å². The predicted octanol–water partition coefficient (Wildman–Crippen LogP) is 2.05. The van der Waals surface area contributed by atoms with Crippen molar-refractivity contribution in [2.24, 2.45) is 0 Å². The molecule has 6 heteroatoms. The molecule has 1 aromatic heterocycles. The number of halogens is 1. The third-order valence-electron chi connectivity index (χ3n) is 2.44. The van der Waals surface area contributed by atoms with Gasteiger partial charge in [-0.2, -0.15) is 0 Å². The molecule has 1 aromatic rings. The van der Waals surface area contributed by atoms with Crippen LogP contribution in [-0.2, 0) is 9.53 Å². The quantitative estimate of drug-likeness (QED) is 0.817. The third kappa shape index (κ3) is 6.03. The molecule has 0 aromatic carbocycles. The van der Waals surface area contributed by atoms with Crippen molar-refractivity contribution in [3.63, 3.8) is 0 Å². The Bertz CT molecular complexity index is 549. The highest BCUT2D eigenvalue weighted by molar-refractivity contribution is 6.30. The number of pyridine rings is 1. The van der Waals surface area contributed by atoms with Gasteiger partial charge in [-0.3, -0.25) is 9.78 Å². The minimum Gasteiger partial charge on any atom is -0.476 e. The Labute approximate surface area is 130 Å². The average molecular weight is 311 g/mol. The van der Waals surface area contributed by atoms with E-state index in [1.165, 1.54) is 19.5 Å². The molecule has 1 unspecified atom stereocenters. The Hall–Kier alpha value is -1.77. The van der Waals surface area contributed by atoms with Crippen molar-refractivity contribution in [3.8, 4) is 17.6 Å². The summed E-state index contributed by atoms with van der Waals surface area (Å²) in [5, 5.41) is 3.24. The average Bonchev–Trinajstić information content (AvgIpc) is 2.37. The number of hydrogen-bond acceptors (Lipinski definition) is 4. The first-order valence-corrected chi connectivity index (χ1v) is 6.78. The molecule has 0 saturated heterocycles. The Kier molecular flexibility index (Phi) is 6.47. The van der Waals surface area contributed by atoms with Crippen molar-refractivity contribution in [2.75, 3.05) is 13.7 Å². The van der Waals surface area contributed by atoms with Gasteiger partial charge in [-0.1, -0.05) is 17.5 Å². The molecule has 21 heavy (non-hydrogen) atoms. The monoisotopic (exact) mass is 310 g/mol. The molecule has 0 aliphatic rings. The number of carbonyl (C=O) groups excluding carboxylic acids is 1. The Morgan fingerprint density at radius 3 is 2.81 bits per heavy atom. The summed E-state index contributed by atoms with van der Waals surface area (Å²) in [4.78, 5) is 16.2. The fourth-order valence-electron chi connectivity index (χ4n) is 1.67. The minimum atomic E-state index is -0.812. The highest BCUT2D eigenvalue weighted by atomic mass is 35.5. The summed E-state index contributed by atoms with van der Waals surface area (Å²) in [6, 6.07) is 1.58. The largest absolute Gasteiger partial charge is 0.476 e. The van der Waals surface area contributed by atoms with Crippen LogP contribution in [0.1, 0.15) is 20.8 Å². The number of nitrogens with zero attached hydrogens (tertiary/aromatic N) is 1. The molecule has 0 aliphatic heterocycles. The van der Waals surface area contributed by atoms with Crippen molar-refractivity contribution in [1.29, 1.82) is 0 Å². The molecule has 1 N–H and O–H groups in total. The van der Waals surface area contributed by atoms with Crippen LogP contribution in [0.15, 0.2) is 18.5 Å². The maximum absolute atomic E-state index is 12.3. The standard InChI is InChI=1S/C15H19ClN2O3/c1-5-6-15(2,3)18-14(19)13(10-20-4)21-12-7-11(16)8-17-9-12/h7-9,13H,10H2,1-4H3,(H,18,19). The molecule has 0 spiro atoms. The molecule has 0 aliphatic carbocycles. The molecule has 0 bridgehead atoms. The van der Waals surface area contributed by atoms with Gasteiger partial charge < -0.3 is 14.8 Å². The number of rotatable bonds is 6. The fraction of sp³-hybridized carbons (Fsp3) is 0.467. The lowest BCUT2D eigenvalue weighted by molar-refractivity contribution is -0.131. The van der Waals surface area contributed by atoms with E-state index in [4.69, 9.17) is 21.1 Å². The van der Waals surface area contributed by atoms with Crippen molar-refractivity contribution in [1.82, 2.24) is 10.3 Å². The van der Waals surface area contributed by atoms with E-state index in [0.717, 1.165) is 0 Å². The van der Waals surface area contributed by atoms with E-state index in [2.05, 4.69) is 22.1 Å². The van der Waals surface area contributed by atoms with Gasteiger partial charge in [0, 0.05) is 19.4 Å². The van der Waals surface area contributed by atoms with E-state index >= 15 is 0 Å². The van der Waals surface area contributed by atoms with Gasteiger partial charge in [0.05, 0.1) is 23.4 Å². The second-order valence-corrected chi connectivity index (χ2v) is 5.33. The van der Waals surface area contributed by atoms with Crippen molar-refractivity contribution in [2.45, 2.75) is 32.4 Å². The molecule has 0 radical (unpaired) electrons. The summed E-state index contributed by atoms with van der Waals surface area (Å²) in [6.45, 7) is 5.45. The number of aromatic nitrogens is 1. The SMILES string of the molecule is CC#CC(C)(C)NC(=O)C(COC)Oc1cncc(Cl)c1. The van der Waals surface area contributed by atoms with Gasteiger partial charge in [0.25, 0.3) is 5.91 Å². The maximum Gasteiger partial charge on any atom is 0.264 e. The topological polar surface area (TPSA) is 60.5 Å². The minimum absolute atomic E-state index is 0.105. The first kappa shape index (κ1) is 17.3. The second kappa shape index (κ2) is 7.87. The van der Waals surface area contributed by atoms with Crippen LogP contribution in [0, 0.1) is 11.8 Å². The zero-order valence-corrected chi connectivity index (χ0v) is 13.3. The third-order valence-corrected chi connectivity index (χ3v) is 2.65. The molecule has 1 atom stereocenters. The zero-order valence-electron chi connectivity index (χ0n) is 12.6. The van der Waals surface area contributed by atoms with E-state index in [9.17, 15) is 4.79 Å². The summed E-state index contributed by atoms with van der Waals surface area (Å²) < 4.78 is 10.6. The highest BCUT2D eigenvalue weighted by Gasteiger charge is 2.26. The predicted molar refractivity (Wildman–Crippen MR) is 81.2 cm³/mol. The molecule has 1 amide bonds. The first-order chi connectivity index (χ1) is 9.88. The van der Waals surface area contributed by atoms with Crippen LogP contribution >= 0.6 is 11.6 Å². The van der Waals surface area contributed by atoms with Gasteiger partial charge in [0.2, 0.25) is 0 Å². The van der Waals surface area contributed by atoms with Crippen molar-refractivity contribution in [3.05, 3.63) is 23.5 Å². The lowest BCUT2D eigenvalue weighted by Crippen LogP contribution is -2.50. The van der Waals surface area contributed by atoms with E-state index in [0.29, 0.717) is 10.8 Å². The van der Waals surface area contributed by atoms with Gasteiger partial charge in [0.15, 0.2) is 6.10 Å². The maximum atomic E-state index is 12.3. The van der Waals surface area contributed by atoms with Gasteiger partial charge >= 0.3 is 0 Å². The van der Waals surface area contributed by atoms with Gasteiger partial charge in [-0.15, -0.1) is 5.92 Å². The summed E-state index contributed by atoms with van der Waals surface area (Å²) in [5.41, 5.74) is -0.645. The summed E-state index contributed by atoms with van der Waals surface area (Å²) >= 11 is 5.84. The molecule has 0 fully saturated rings. The van der Waals surface area contributed by atoms with Crippen molar-refractivity contribution >= 4 is 17.5 Å². The first-order valence-electron chi connectivity index (χ1n) is 6.40. The van der Waals surface area contributed by atoms with Gasteiger partial charge in [-0.25, -0.2) is 0 Å². The molecule has 1 heterocycles. The Balaban J connectivity index is 2.80. The molecule has 0 saturated carbocycles. The molecule has 114 valence electrons. The molecular formula is C15H19ClN2O3. The number of ether oxygens (including phenoxy) is 2. The number of methoxy groups -OCH3 is 1. The van der Waals surface area contributed by atoms with Crippen LogP contribution in [-0.4, -0.2) is 36.3 Å². The lowest BCUT2D eigenvalue weighted by Gasteiger charge is -2.24. The second-order valence-electron chi connectivity index (χ2n) is 4.89. The lowest BCUT2D eigenvalue weighted by atomic mass is 10.1. The van der Waals surface area contributed by atoms with Crippen LogP contribution in [0.25, 0.3) is 0 Å². The number of amides is 1. The number of nitrogens with one attached hydrogen (secondary N) is 1. The molecular weight excluding hydrogens is 292 g/mol. The van der Waals surface area contributed by atoms with Crippen LogP contribution in [0.5, 0.6) is 5.75 Å². The summed E-state index contributed by atoms with van der Waals surface area (Å²) in [7, 11) is 1.50. The van der Waals surface area contributed by atoms with Gasteiger partial charge in [0.1, 0.15) is 5.75 Å². The molecule has 5 nitrogen and oxygen atoms in total. The van der Waals surface area contributed by atoms with E-state index < -0.39 is 11.6 Å². The van der Waals surface area contributed by atoms with Crippen molar-refractivity contribution < 1.29 is 14.3 Å². The number of hydrogen-bond donors (Lipinski definition) is 1. The van der Waals surface area contributed by atoms with Crippen LogP contribution in [0.4, 0.5) is 0 Å². The molecule has 1 rings (SSSR count). The van der Waals surface area contributed by atoms with E-state index in [1.807, 2.05) is 13.8 Å².